The van der Waals surface area contributed by atoms with Crippen molar-refractivity contribution < 1.29 is 9.13 Å². The maximum absolute atomic E-state index is 12.0. The van der Waals surface area contributed by atoms with Crippen LogP contribution in [0.25, 0.3) is 0 Å². The first-order valence-electron chi connectivity index (χ1n) is 6.53. The summed E-state index contributed by atoms with van der Waals surface area (Å²) in [5.41, 5.74) is 0.198. The molecule has 0 aromatic rings. The lowest BCUT2D eigenvalue weighted by Gasteiger charge is -2.52. The highest BCUT2D eigenvalue weighted by Gasteiger charge is 2.48. The van der Waals surface area contributed by atoms with Gasteiger partial charge in [0.05, 0.1) is 12.8 Å². The number of ether oxygens (including phenoxy) is 1. The molecular formula is C13H26FNO. The summed E-state index contributed by atoms with van der Waals surface area (Å²) in [7, 11) is 0. The zero-order valence-electron chi connectivity index (χ0n) is 10.9. The Labute approximate surface area is 98.9 Å². The van der Waals surface area contributed by atoms with Crippen molar-refractivity contribution >= 4 is 0 Å². The van der Waals surface area contributed by atoms with Crippen LogP contribution in [-0.4, -0.2) is 32.0 Å². The van der Waals surface area contributed by atoms with E-state index in [1.54, 1.807) is 0 Å². The molecule has 3 heteroatoms. The Balaban J connectivity index is 2.18. The summed E-state index contributed by atoms with van der Waals surface area (Å²) in [6, 6.07) is 0.491. The van der Waals surface area contributed by atoms with Gasteiger partial charge in [0.1, 0.15) is 0 Å². The van der Waals surface area contributed by atoms with Gasteiger partial charge in [-0.1, -0.05) is 27.2 Å². The van der Waals surface area contributed by atoms with Crippen molar-refractivity contribution in [2.75, 3.05) is 19.8 Å². The van der Waals surface area contributed by atoms with Gasteiger partial charge in [-0.15, -0.1) is 0 Å². The molecule has 16 heavy (non-hydrogen) atoms. The van der Waals surface area contributed by atoms with Crippen LogP contribution in [0, 0.1) is 5.41 Å². The fourth-order valence-corrected chi connectivity index (χ4v) is 2.23. The van der Waals surface area contributed by atoms with Gasteiger partial charge in [0.2, 0.25) is 0 Å². The molecule has 1 aliphatic carbocycles. The number of halogens is 1. The van der Waals surface area contributed by atoms with Gasteiger partial charge in [0, 0.05) is 18.1 Å². The van der Waals surface area contributed by atoms with Crippen LogP contribution in [0.1, 0.15) is 46.5 Å². The minimum absolute atomic E-state index is 0.198. The third-order valence-corrected chi connectivity index (χ3v) is 3.70. The van der Waals surface area contributed by atoms with Crippen LogP contribution < -0.4 is 5.32 Å². The van der Waals surface area contributed by atoms with E-state index < -0.39 is 0 Å². The van der Waals surface area contributed by atoms with Crippen molar-refractivity contribution in [1.82, 2.24) is 5.32 Å². The van der Waals surface area contributed by atoms with Gasteiger partial charge >= 0.3 is 0 Å². The average Bonchev–Trinajstić information content (AvgIpc) is 2.26. The zero-order valence-corrected chi connectivity index (χ0v) is 10.9. The molecule has 2 atom stereocenters. The maximum atomic E-state index is 12.0. The molecule has 1 saturated carbocycles. The summed E-state index contributed by atoms with van der Waals surface area (Å²) in [5.74, 6) is 0. The van der Waals surface area contributed by atoms with Gasteiger partial charge in [-0.25, -0.2) is 0 Å². The molecule has 0 spiro atoms. The number of rotatable bonds is 8. The molecular weight excluding hydrogens is 205 g/mol. The number of unbranched alkanes of at least 4 members (excludes halogenated alkanes) is 1. The molecule has 0 radical (unpaired) electrons. The predicted octanol–water partition coefficient (Wildman–Crippen LogP) is 2.92. The number of alkyl halides is 1. The van der Waals surface area contributed by atoms with E-state index in [0.29, 0.717) is 18.6 Å². The fourth-order valence-electron chi connectivity index (χ4n) is 2.23. The Morgan fingerprint density at radius 2 is 2.12 bits per heavy atom. The molecule has 2 nitrogen and oxygen atoms in total. The minimum Gasteiger partial charge on any atom is -0.378 e. The summed E-state index contributed by atoms with van der Waals surface area (Å²) in [5, 5.41) is 3.41. The van der Waals surface area contributed by atoms with Crippen molar-refractivity contribution in [2.45, 2.75) is 58.6 Å². The SMILES string of the molecule is CCCCOC1CC(NCCCF)C1(C)C. The summed E-state index contributed by atoms with van der Waals surface area (Å²) < 4.78 is 17.8. The smallest absolute Gasteiger partial charge is 0.0906 e. The quantitative estimate of drug-likeness (QED) is 0.649. The highest BCUT2D eigenvalue weighted by atomic mass is 19.1. The molecule has 0 aliphatic heterocycles. The largest absolute Gasteiger partial charge is 0.378 e. The van der Waals surface area contributed by atoms with E-state index in [1.165, 1.54) is 6.42 Å². The summed E-state index contributed by atoms with van der Waals surface area (Å²) >= 11 is 0. The van der Waals surface area contributed by atoms with Gasteiger partial charge in [-0.2, -0.15) is 0 Å². The molecule has 0 heterocycles. The first kappa shape index (κ1) is 13.9. The standard InChI is InChI=1S/C13H26FNO/c1-4-5-9-16-12-10-11(13(12,2)3)15-8-6-7-14/h11-12,15H,4-10H2,1-3H3. The van der Waals surface area contributed by atoms with Gasteiger partial charge in [-0.05, 0) is 25.8 Å². The van der Waals surface area contributed by atoms with Crippen LogP contribution in [0.3, 0.4) is 0 Å². The lowest BCUT2D eigenvalue weighted by atomic mass is 9.64. The molecule has 96 valence electrons. The van der Waals surface area contributed by atoms with Crippen LogP contribution in [-0.2, 0) is 4.74 Å². The van der Waals surface area contributed by atoms with Crippen LogP contribution in [0.5, 0.6) is 0 Å². The third-order valence-electron chi connectivity index (χ3n) is 3.70. The third kappa shape index (κ3) is 3.42. The van der Waals surface area contributed by atoms with Crippen LogP contribution in [0.2, 0.25) is 0 Å². The van der Waals surface area contributed by atoms with Crippen LogP contribution >= 0.6 is 0 Å². The van der Waals surface area contributed by atoms with Crippen molar-refractivity contribution in [3.8, 4) is 0 Å². The van der Waals surface area contributed by atoms with Gasteiger partial charge < -0.3 is 10.1 Å². The van der Waals surface area contributed by atoms with Crippen molar-refractivity contribution in [2.24, 2.45) is 5.41 Å². The first-order valence-corrected chi connectivity index (χ1v) is 6.53. The van der Waals surface area contributed by atoms with Crippen LogP contribution in [0.15, 0.2) is 0 Å². The molecule has 0 aromatic carbocycles. The number of hydrogen-bond donors (Lipinski definition) is 1. The second-order valence-corrected chi connectivity index (χ2v) is 5.32. The summed E-state index contributed by atoms with van der Waals surface area (Å²) in [4.78, 5) is 0. The topological polar surface area (TPSA) is 21.3 Å². The second-order valence-electron chi connectivity index (χ2n) is 5.32. The van der Waals surface area contributed by atoms with Crippen LogP contribution in [0.4, 0.5) is 4.39 Å². The Hall–Kier alpha value is -0.150. The van der Waals surface area contributed by atoms with Gasteiger partial charge in [0.25, 0.3) is 0 Å². The normalized spacial score (nSPS) is 27.8. The Bertz CT molecular complexity index is 178. The van der Waals surface area contributed by atoms with Gasteiger partial charge in [-0.3, -0.25) is 4.39 Å². The lowest BCUT2D eigenvalue weighted by molar-refractivity contribution is -0.118. The van der Waals surface area contributed by atoms with Crippen molar-refractivity contribution in [3.05, 3.63) is 0 Å². The fraction of sp³-hybridized carbons (Fsp3) is 1.00. The van der Waals surface area contributed by atoms with E-state index in [0.717, 1.165) is 26.0 Å². The van der Waals surface area contributed by atoms with Gasteiger partial charge in [0.15, 0.2) is 0 Å². The van der Waals surface area contributed by atoms with Crippen molar-refractivity contribution in [3.63, 3.8) is 0 Å². The molecule has 0 bridgehead atoms. The summed E-state index contributed by atoms with van der Waals surface area (Å²) in [6.07, 6.45) is 4.40. The molecule has 0 saturated heterocycles. The average molecular weight is 231 g/mol. The molecule has 0 aromatic heterocycles. The van der Waals surface area contributed by atoms with E-state index in [1.807, 2.05) is 0 Å². The molecule has 1 rings (SSSR count). The number of nitrogens with one attached hydrogen (secondary N) is 1. The van der Waals surface area contributed by atoms with E-state index in [2.05, 4.69) is 26.1 Å². The Kier molecular flexibility index (Phi) is 5.70. The molecule has 2 unspecified atom stereocenters. The monoisotopic (exact) mass is 231 g/mol. The Morgan fingerprint density at radius 1 is 1.38 bits per heavy atom. The molecule has 0 amide bonds. The highest BCUT2D eigenvalue weighted by molar-refractivity contribution is 5.02. The first-order chi connectivity index (χ1) is 7.62. The molecule has 1 N–H and O–H groups in total. The highest BCUT2D eigenvalue weighted by Crippen LogP contribution is 2.42. The molecule has 1 aliphatic rings. The van der Waals surface area contributed by atoms with E-state index in [-0.39, 0.29) is 12.1 Å². The Morgan fingerprint density at radius 3 is 2.69 bits per heavy atom. The summed E-state index contributed by atoms with van der Waals surface area (Å²) in [6.45, 7) is 8.09. The second kappa shape index (κ2) is 6.55. The predicted molar refractivity (Wildman–Crippen MR) is 65.4 cm³/mol. The van der Waals surface area contributed by atoms with Crippen molar-refractivity contribution in [1.29, 1.82) is 0 Å². The number of hydrogen-bond acceptors (Lipinski definition) is 2. The van der Waals surface area contributed by atoms with E-state index in [9.17, 15) is 4.39 Å². The molecule has 1 fully saturated rings. The minimum atomic E-state index is -0.226. The lowest BCUT2D eigenvalue weighted by Crippen LogP contribution is -2.61. The van der Waals surface area contributed by atoms with E-state index >= 15 is 0 Å². The maximum Gasteiger partial charge on any atom is 0.0906 e. The van der Waals surface area contributed by atoms with E-state index in [4.69, 9.17) is 4.74 Å². The zero-order chi connectivity index (χ0) is 12.0.